The van der Waals surface area contributed by atoms with Gasteiger partial charge in [0, 0.05) is 5.56 Å². The van der Waals surface area contributed by atoms with E-state index >= 15 is 0 Å². The molecule has 0 aliphatic carbocycles. The van der Waals surface area contributed by atoms with Crippen LogP contribution in [0.4, 0.5) is 0 Å². The van der Waals surface area contributed by atoms with Gasteiger partial charge in [-0.05, 0) is 25.1 Å². The van der Waals surface area contributed by atoms with Crippen LogP contribution in [0.15, 0.2) is 18.2 Å². The van der Waals surface area contributed by atoms with Crippen molar-refractivity contribution in [2.24, 2.45) is 5.73 Å². The summed E-state index contributed by atoms with van der Waals surface area (Å²) < 4.78 is 14.9. The molecule has 0 radical (unpaired) electrons. The van der Waals surface area contributed by atoms with Crippen LogP contribution in [0.25, 0.3) is 0 Å². The maximum atomic E-state index is 11.4. The highest BCUT2D eigenvalue weighted by molar-refractivity contribution is 5.76. The van der Waals surface area contributed by atoms with Crippen LogP contribution in [0, 0.1) is 0 Å². The van der Waals surface area contributed by atoms with E-state index in [2.05, 4.69) is 4.74 Å². The van der Waals surface area contributed by atoms with Crippen molar-refractivity contribution in [1.29, 1.82) is 0 Å². The van der Waals surface area contributed by atoms with Crippen LogP contribution in [-0.2, 0) is 9.53 Å². The molecule has 0 aliphatic heterocycles. The lowest BCUT2D eigenvalue weighted by atomic mass is 10.1. The summed E-state index contributed by atoms with van der Waals surface area (Å²) in [5.41, 5.74) is 3.50. The van der Waals surface area contributed by atoms with E-state index in [4.69, 9.17) is 15.2 Å². The Morgan fingerprint density at radius 3 is 2.68 bits per heavy atom. The number of esters is 1. The predicted octanol–water partition coefficient (Wildman–Crippen LogP) is -0.542. The van der Waals surface area contributed by atoms with Crippen LogP contribution in [0.3, 0.4) is 0 Å². The number of hydrogen-bond donors (Lipinski definition) is 3. The zero-order chi connectivity index (χ0) is 16.8. The molecular weight excluding hydrogens is 294 g/mol. The summed E-state index contributed by atoms with van der Waals surface area (Å²) in [7, 11) is 1.37. The summed E-state index contributed by atoms with van der Waals surface area (Å²) in [5.74, 6) is -0.626. The van der Waals surface area contributed by atoms with Gasteiger partial charge in [0.05, 0.1) is 13.7 Å². The van der Waals surface area contributed by atoms with Gasteiger partial charge in [0.1, 0.15) is 12.9 Å². The zero-order valence-corrected chi connectivity index (χ0v) is 12.3. The molecule has 4 N–H and O–H groups in total. The van der Waals surface area contributed by atoms with Crippen molar-refractivity contribution >= 4 is 12.3 Å². The molecule has 1 aromatic rings. The van der Waals surface area contributed by atoms with Crippen molar-refractivity contribution in [2.75, 3.05) is 20.3 Å². The fourth-order valence-electron chi connectivity index (χ4n) is 1.57. The van der Waals surface area contributed by atoms with Gasteiger partial charge in [-0.3, -0.25) is 10.5 Å². The number of rotatable bonds is 8. The van der Waals surface area contributed by atoms with Gasteiger partial charge in [-0.25, -0.2) is 4.79 Å². The molecular formula is C14H19NO7. The molecule has 0 saturated heterocycles. The quantitative estimate of drug-likeness (QED) is 0.331. The Bertz CT molecular complexity index is 530. The van der Waals surface area contributed by atoms with Crippen molar-refractivity contribution in [3.8, 4) is 11.5 Å². The monoisotopic (exact) mass is 313 g/mol. The third kappa shape index (κ3) is 4.42. The maximum Gasteiger partial charge on any atom is 0.339 e. The number of aliphatic hydroxyl groups is 2. The van der Waals surface area contributed by atoms with Crippen LogP contribution in [-0.4, -0.2) is 54.6 Å². The topological polar surface area (TPSA) is 128 Å². The normalized spacial score (nSPS) is 14.6. The molecule has 2 unspecified atom stereocenters. The first kappa shape index (κ1) is 17.9. The van der Waals surface area contributed by atoms with Gasteiger partial charge in [-0.2, -0.15) is 0 Å². The van der Waals surface area contributed by atoms with Crippen molar-refractivity contribution in [3.05, 3.63) is 23.8 Å². The Labute approximate surface area is 127 Å². The van der Waals surface area contributed by atoms with Crippen molar-refractivity contribution in [1.82, 2.24) is 0 Å². The summed E-state index contributed by atoms with van der Waals surface area (Å²) in [5, 5.41) is 19.6. The molecule has 0 aliphatic rings. The lowest BCUT2D eigenvalue weighted by Crippen LogP contribution is -2.58. The highest BCUT2D eigenvalue weighted by Crippen LogP contribution is 2.28. The minimum Gasteiger partial charge on any atom is -0.493 e. The predicted molar refractivity (Wildman–Crippen MR) is 75.7 cm³/mol. The molecule has 0 bridgehead atoms. The summed E-state index contributed by atoms with van der Waals surface area (Å²) in [6.45, 7) is 0.994. The second kappa shape index (κ2) is 7.74. The highest BCUT2D eigenvalue weighted by Gasteiger charge is 2.39. The highest BCUT2D eigenvalue weighted by atomic mass is 16.6. The van der Waals surface area contributed by atoms with E-state index in [0.717, 1.165) is 0 Å². The zero-order valence-electron chi connectivity index (χ0n) is 12.3. The maximum absolute atomic E-state index is 11.4. The number of hydrogen-bond acceptors (Lipinski definition) is 8. The molecule has 2 atom stereocenters. The number of aliphatic hydroxyl groups excluding tert-OH is 1. The van der Waals surface area contributed by atoms with Gasteiger partial charge >= 0.3 is 5.97 Å². The Hall–Kier alpha value is -2.16. The van der Waals surface area contributed by atoms with E-state index in [1.54, 1.807) is 6.92 Å². The van der Waals surface area contributed by atoms with Crippen LogP contribution >= 0.6 is 0 Å². The first-order valence-corrected chi connectivity index (χ1v) is 6.47. The molecule has 0 aromatic heterocycles. The lowest BCUT2D eigenvalue weighted by molar-refractivity contribution is -0.172. The molecule has 8 nitrogen and oxygen atoms in total. The van der Waals surface area contributed by atoms with E-state index < -0.39 is 24.4 Å². The molecule has 1 rings (SSSR count). The molecule has 1 aromatic carbocycles. The minimum atomic E-state index is -2.35. The lowest BCUT2D eigenvalue weighted by Gasteiger charge is -2.27. The fraction of sp³-hybridized carbons (Fsp3) is 0.429. The molecule has 0 heterocycles. The summed E-state index contributed by atoms with van der Waals surface area (Å²) in [4.78, 5) is 22.1. The van der Waals surface area contributed by atoms with Crippen molar-refractivity contribution < 1.29 is 34.0 Å². The number of nitrogens with two attached hydrogens (primary N) is 1. The number of carbonyl (C=O) groups is 2. The van der Waals surface area contributed by atoms with Crippen LogP contribution in [0.2, 0.25) is 0 Å². The van der Waals surface area contributed by atoms with Gasteiger partial charge in [0.15, 0.2) is 23.3 Å². The van der Waals surface area contributed by atoms with Gasteiger partial charge in [0.2, 0.25) is 0 Å². The standard InChI is InChI=1S/C14H19NO7/c1-3-21-13(18)12(17)14(15,19)8-22-10-5-4-9(7-16)6-11(10)20-2/h4-7,12,17,19H,3,8,15H2,1-2H3. The van der Waals surface area contributed by atoms with Crippen molar-refractivity contribution in [2.45, 2.75) is 18.8 Å². The second-order valence-electron chi connectivity index (χ2n) is 4.46. The summed E-state index contributed by atoms with van der Waals surface area (Å²) in [6, 6.07) is 4.34. The number of ether oxygens (including phenoxy) is 3. The Balaban J connectivity index is 2.79. The Morgan fingerprint density at radius 1 is 1.45 bits per heavy atom. The third-order valence-corrected chi connectivity index (χ3v) is 2.77. The summed E-state index contributed by atoms with van der Waals surface area (Å²) >= 11 is 0. The van der Waals surface area contributed by atoms with E-state index in [1.165, 1.54) is 25.3 Å². The first-order valence-electron chi connectivity index (χ1n) is 6.47. The SMILES string of the molecule is CCOC(=O)C(O)C(N)(O)COc1ccc(C=O)cc1OC. The van der Waals surface area contributed by atoms with E-state index in [1.807, 2.05) is 0 Å². The average Bonchev–Trinajstić information content (AvgIpc) is 2.52. The fourth-order valence-corrected chi connectivity index (χ4v) is 1.57. The number of benzene rings is 1. The number of methoxy groups -OCH3 is 1. The molecule has 0 spiro atoms. The van der Waals surface area contributed by atoms with Gasteiger partial charge in [0.25, 0.3) is 0 Å². The van der Waals surface area contributed by atoms with E-state index in [0.29, 0.717) is 11.8 Å². The minimum absolute atomic E-state index is 0.0355. The van der Waals surface area contributed by atoms with Crippen LogP contribution in [0.5, 0.6) is 11.5 Å². The molecule has 0 amide bonds. The first-order chi connectivity index (χ1) is 10.4. The van der Waals surface area contributed by atoms with Gasteiger partial charge in [-0.1, -0.05) is 0 Å². The van der Waals surface area contributed by atoms with Crippen LogP contribution < -0.4 is 15.2 Å². The second-order valence-corrected chi connectivity index (χ2v) is 4.46. The molecule has 22 heavy (non-hydrogen) atoms. The summed E-state index contributed by atoms with van der Waals surface area (Å²) in [6.07, 6.45) is -1.33. The van der Waals surface area contributed by atoms with Crippen molar-refractivity contribution in [3.63, 3.8) is 0 Å². The molecule has 8 heteroatoms. The number of carbonyl (C=O) groups excluding carboxylic acids is 2. The molecule has 122 valence electrons. The Morgan fingerprint density at radius 2 is 2.14 bits per heavy atom. The molecule has 0 fully saturated rings. The third-order valence-electron chi connectivity index (χ3n) is 2.77. The van der Waals surface area contributed by atoms with E-state index in [-0.39, 0.29) is 18.1 Å². The van der Waals surface area contributed by atoms with Gasteiger partial charge in [-0.15, -0.1) is 0 Å². The average molecular weight is 313 g/mol. The van der Waals surface area contributed by atoms with Crippen LogP contribution in [0.1, 0.15) is 17.3 Å². The number of aldehydes is 1. The Kier molecular flexibility index (Phi) is 6.29. The van der Waals surface area contributed by atoms with E-state index in [9.17, 15) is 19.8 Å². The smallest absolute Gasteiger partial charge is 0.339 e. The van der Waals surface area contributed by atoms with Gasteiger partial charge < -0.3 is 24.4 Å². The molecule has 0 saturated carbocycles. The largest absolute Gasteiger partial charge is 0.493 e.